The molecule has 0 spiro atoms. The second-order valence-electron chi connectivity index (χ2n) is 6.45. The zero-order chi connectivity index (χ0) is 18.4. The lowest BCUT2D eigenvalue weighted by atomic mass is 10.2. The first-order valence-corrected chi connectivity index (χ1v) is 8.81. The minimum Gasteiger partial charge on any atom is -0.360 e. The fraction of sp³-hybridized carbons (Fsp3) is 0.286. The molecule has 4 nitrogen and oxygen atoms in total. The summed E-state index contributed by atoms with van der Waals surface area (Å²) in [5.41, 5.74) is 2.75. The van der Waals surface area contributed by atoms with Crippen molar-refractivity contribution >= 4 is 17.3 Å². The summed E-state index contributed by atoms with van der Waals surface area (Å²) in [7, 11) is 0. The Morgan fingerprint density at radius 3 is 2.62 bits per heavy atom. The van der Waals surface area contributed by atoms with Crippen LogP contribution < -0.4 is 15.1 Å². The topological polar surface area (TPSA) is 36.8 Å². The Kier molecular flexibility index (Phi) is 5.88. The molecule has 26 heavy (non-hydrogen) atoms. The number of rotatable bonds is 3. The molecule has 1 saturated heterocycles. The number of hydrogen-bond acceptors (Lipinski definition) is 2. The Hall–Kier alpha value is -2.84. The number of benzene rings is 2. The van der Waals surface area contributed by atoms with Gasteiger partial charge in [0.05, 0.1) is 26.2 Å². The zero-order valence-corrected chi connectivity index (χ0v) is 14.9. The van der Waals surface area contributed by atoms with Crippen LogP contribution in [0.5, 0.6) is 0 Å². The lowest BCUT2D eigenvalue weighted by Gasteiger charge is -2.32. The summed E-state index contributed by atoms with van der Waals surface area (Å²) in [4.78, 5) is 14.9. The van der Waals surface area contributed by atoms with Crippen LogP contribution in [-0.2, 0) is 4.79 Å². The van der Waals surface area contributed by atoms with Crippen molar-refractivity contribution < 1.29 is 14.1 Å². The molecule has 1 heterocycles. The van der Waals surface area contributed by atoms with Crippen LogP contribution in [0.2, 0.25) is 0 Å². The molecule has 1 fully saturated rings. The maximum atomic E-state index is 13.0. The van der Waals surface area contributed by atoms with Gasteiger partial charge in [-0.2, -0.15) is 0 Å². The number of quaternary nitrogens is 1. The SMILES string of the molecule is CC(=O)Nc1cccc(C#CC[NH+]2CCN(c3ccc(F)cc3)CC2)c1. The molecule has 0 aliphatic carbocycles. The van der Waals surface area contributed by atoms with Crippen molar-refractivity contribution in [3.05, 3.63) is 59.9 Å². The first kappa shape index (κ1) is 18.0. The molecule has 2 N–H and O–H groups in total. The van der Waals surface area contributed by atoms with Crippen LogP contribution in [0.1, 0.15) is 12.5 Å². The van der Waals surface area contributed by atoms with Gasteiger partial charge >= 0.3 is 0 Å². The van der Waals surface area contributed by atoms with Crippen molar-refractivity contribution in [2.45, 2.75) is 6.92 Å². The number of anilines is 2. The van der Waals surface area contributed by atoms with E-state index in [1.807, 2.05) is 36.4 Å². The molecule has 1 aliphatic rings. The van der Waals surface area contributed by atoms with Gasteiger partial charge in [0.15, 0.2) is 0 Å². The molecule has 3 rings (SSSR count). The minimum absolute atomic E-state index is 0.0846. The van der Waals surface area contributed by atoms with E-state index in [0.717, 1.165) is 49.7 Å². The molecule has 1 aliphatic heterocycles. The van der Waals surface area contributed by atoms with E-state index in [4.69, 9.17) is 0 Å². The summed E-state index contributed by atoms with van der Waals surface area (Å²) in [6, 6.07) is 14.3. The molecule has 0 radical (unpaired) electrons. The molecular weight excluding hydrogens is 329 g/mol. The molecule has 0 saturated carbocycles. The fourth-order valence-corrected chi connectivity index (χ4v) is 3.06. The van der Waals surface area contributed by atoms with Crippen LogP contribution in [0.15, 0.2) is 48.5 Å². The summed E-state index contributed by atoms with van der Waals surface area (Å²) >= 11 is 0. The van der Waals surface area contributed by atoms with Gasteiger partial charge in [0.2, 0.25) is 5.91 Å². The van der Waals surface area contributed by atoms with Gasteiger partial charge in [-0.25, -0.2) is 4.39 Å². The quantitative estimate of drug-likeness (QED) is 0.823. The van der Waals surface area contributed by atoms with Crippen molar-refractivity contribution in [1.29, 1.82) is 0 Å². The van der Waals surface area contributed by atoms with Crippen molar-refractivity contribution in [2.75, 3.05) is 42.9 Å². The van der Waals surface area contributed by atoms with E-state index in [1.54, 1.807) is 0 Å². The number of hydrogen-bond donors (Lipinski definition) is 2. The average molecular weight is 352 g/mol. The number of nitrogens with one attached hydrogen (secondary N) is 2. The van der Waals surface area contributed by atoms with Crippen molar-refractivity contribution in [2.24, 2.45) is 0 Å². The third-order valence-corrected chi connectivity index (χ3v) is 4.42. The molecule has 2 aromatic carbocycles. The van der Waals surface area contributed by atoms with E-state index >= 15 is 0 Å². The Morgan fingerprint density at radius 1 is 1.19 bits per heavy atom. The van der Waals surface area contributed by atoms with E-state index in [9.17, 15) is 9.18 Å². The second kappa shape index (κ2) is 8.50. The zero-order valence-electron chi connectivity index (χ0n) is 14.9. The molecule has 1 amide bonds. The predicted molar refractivity (Wildman–Crippen MR) is 102 cm³/mol. The summed E-state index contributed by atoms with van der Waals surface area (Å²) in [5, 5.41) is 2.77. The molecule has 134 valence electrons. The van der Waals surface area contributed by atoms with E-state index in [1.165, 1.54) is 24.0 Å². The van der Waals surface area contributed by atoms with Gasteiger partial charge in [0.1, 0.15) is 12.4 Å². The van der Waals surface area contributed by atoms with Gasteiger partial charge in [-0.15, -0.1) is 0 Å². The van der Waals surface area contributed by atoms with Gasteiger partial charge in [0.25, 0.3) is 0 Å². The molecule has 5 heteroatoms. The first-order valence-electron chi connectivity index (χ1n) is 8.81. The lowest BCUT2D eigenvalue weighted by molar-refractivity contribution is -0.893. The molecular formula is C21H23FN3O+. The van der Waals surface area contributed by atoms with Crippen molar-refractivity contribution in [3.63, 3.8) is 0 Å². The third kappa shape index (κ3) is 5.08. The van der Waals surface area contributed by atoms with Crippen molar-refractivity contribution in [1.82, 2.24) is 0 Å². The minimum atomic E-state index is -0.198. The number of nitrogens with zero attached hydrogens (tertiary/aromatic N) is 1. The smallest absolute Gasteiger partial charge is 0.221 e. The summed E-state index contributed by atoms with van der Waals surface area (Å²) in [6.45, 7) is 6.20. The third-order valence-electron chi connectivity index (χ3n) is 4.42. The van der Waals surface area contributed by atoms with Gasteiger partial charge in [-0.3, -0.25) is 4.79 Å². The Bertz CT molecular complexity index is 815. The molecule has 0 aromatic heterocycles. The molecule has 0 atom stereocenters. The van der Waals surface area contributed by atoms with E-state index < -0.39 is 0 Å². The highest BCUT2D eigenvalue weighted by Gasteiger charge is 2.19. The predicted octanol–water partition coefficient (Wildman–Crippen LogP) is 1.54. The van der Waals surface area contributed by atoms with Crippen LogP contribution >= 0.6 is 0 Å². The highest BCUT2D eigenvalue weighted by Crippen LogP contribution is 2.14. The number of amides is 1. The standard InChI is InChI=1S/C21H22FN3O/c1-17(26)23-20-6-2-4-18(16-20)5-3-11-24-12-14-25(15-13-24)21-9-7-19(22)8-10-21/h2,4,6-10,16H,11-15H2,1H3,(H,23,26)/p+1. The van der Waals surface area contributed by atoms with Crippen LogP contribution in [0.4, 0.5) is 15.8 Å². The highest BCUT2D eigenvalue weighted by atomic mass is 19.1. The number of carbonyl (C=O) groups is 1. The van der Waals surface area contributed by atoms with E-state index in [-0.39, 0.29) is 11.7 Å². The number of carbonyl (C=O) groups excluding carboxylic acids is 1. The van der Waals surface area contributed by atoms with Gasteiger partial charge in [-0.05, 0) is 48.4 Å². The maximum absolute atomic E-state index is 13.0. The summed E-state index contributed by atoms with van der Waals surface area (Å²) in [5.74, 6) is 6.14. The Labute approximate surface area is 153 Å². The first-order chi connectivity index (χ1) is 12.6. The fourth-order valence-electron chi connectivity index (χ4n) is 3.06. The average Bonchev–Trinajstić information content (AvgIpc) is 2.63. The second-order valence-corrected chi connectivity index (χ2v) is 6.45. The lowest BCUT2D eigenvalue weighted by Crippen LogP contribution is -3.14. The van der Waals surface area contributed by atoms with Crippen LogP contribution in [0, 0.1) is 17.7 Å². The maximum Gasteiger partial charge on any atom is 0.221 e. The van der Waals surface area contributed by atoms with Crippen LogP contribution in [0.3, 0.4) is 0 Å². The van der Waals surface area contributed by atoms with E-state index in [2.05, 4.69) is 22.1 Å². The van der Waals surface area contributed by atoms with Gasteiger partial charge < -0.3 is 15.1 Å². The van der Waals surface area contributed by atoms with Gasteiger partial charge in [-0.1, -0.05) is 12.0 Å². The van der Waals surface area contributed by atoms with Crippen LogP contribution in [-0.4, -0.2) is 38.6 Å². The number of halogens is 1. The Morgan fingerprint density at radius 2 is 1.92 bits per heavy atom. The Balaban J connectivity index is 1.51. The number of piperazine rings is 1. The van der Waals surface area contributed by atoms with E-state index in [0.29, 0.717) is 0 Å². The molecule has 2 aromatic rings. The molecule has 0 unspecified atom stereocenters. The summed E-state index contributed by atoms with van der Waals surface area (Å²) in [6.07, 6.45) is 0. The summed E-state index contributed by atoms with van der Waals surface area (Å²) < 4.78 is 13.0. The van der Waals surface area contributed by atoms with Crippen LogP contribution in [0.25, 0.3) is 0 Å². The molecule has 0 bridgehead atoms. The normalized spacial score (nSPS) is 14.5. The van der Waals surface area contributed by atoms with Gasteiger partial charge in [0, 0.05) is 23.9 Å². The monoisotopic (exact) mass is 352 g/mol. The van der Waals surface area contributed by atoms with Crippen molar-refractivity contribution in [3.8, 4) is 11.8 Å². The largest absolute Gasteiger partial charge is 0.360 e. The highest BCUT2D eigenvalue weighted by molar-refractivity contribution is 5.88.